The van der Waals surface area contributed by atoms with Gasteiger partial charge in [-0.3, -0.25) is 24.0 Å². The maximum Gasteiger partial charge on any atom is 0.328 e. The van der Waals surface area contributed by atoms with E-state index in [0.717, 1.165) is 6.92 Å². The zero-order chi connectivity index (χ0) is 24.6. The predicted molar refractivity (Wildman–Crippen MR) is 108 cm³/mol. The second kappa shape index (κ2) is 12.0. The van der Waals surface area contributed by atoms with Crippen molar-refractivity contribution in [1.82, 2.24) is 15.5 Å². The number of likely N-dealkylation sites (tertiary alicyclic amines) is 1. The third-order valence-electron chi connectivity index (χ3n) is 4.94. The molecule has 0 radical (unpaired) electrons. The van der Waals surface area contributed by atoms with Crippen molar-refractivity contribution in [3.8, 4) is 0 Å². The van der Waals surface area contributed by atoms with Gasteiger partial charge in [0.2, 0.25) is 29.5 Å². The van der Waals surface area contributed by atoms with Crippen LogP contribution in [0.4, 0.5) is 0 Å². The summed E-state index contributed by atoms with van der Waals surface area (Å²) in [6, 6.07) is -5.25. The van der Waals surface area contributed by atoms with Gasteiger partial charge in [0.05, 0.1) is 18.6 Å². The molecule has 0 bridgehead atoms. The number of nitrogens with one attached hydrogen (secondary N) is 2. The monoisotopic (exact) mass is 458 g/mol. The average molecular weight is 458 g/mol. The molecule has 32 heavy (non-hydrogen) atoms. The molecule has 5 atom stereocenters. The van der Waals surface area contributed by atoms with Crippen molar-refractivity contribution in [1.29, 1.82) is 0 Å². The topological polar surface area (TPSA) is 248 Å². The fourth-order valence-corrected chi connectivity index (χ4v) is 3.26. The SMILES string of the molecule is CC(O)C(NC(=O)C(CC(N)=O)NC(=O)C1CCCN1C(=O)C(N)CCC(N)=O)C(=O)O. The molecule has 1 aliphatic heterocycles. The zero-order valence-corrected chi connectivity index (χ0v) is 17.7. The van der Waals surface area contributed by atoms with Gasteiger partial charge in [0, 0.05) is 13.0 Å². The molecule has 1 fully saturated rings. The summed E-state index contributed by atoms with van der Waals surface area (Å²) in [7, 11) is 0. The van der Waals surface area contributed by atoms with Gasteiger partial charge in [0.15, 0.2) is 6.04 Å². The molecule has 0 aromatic rings. The third-order valence-corrected chi connectivity index (χ3v) is 4.94. The quantitative estimate of drug-likeness (QED) is 0.150. The Bertz CT molecular complexity index is 758. The van der Waals surface area contributed by atoms with Crippen LogP contribution in [0.5, 0.6) is 0 Å². The fourth-order valence-electron chi connectivity index (χ4n) is 3.26. The van der Waals surface area contributed by atoms with Crippen LogP contribution in [0.25, 0.3) is 0 Å². The van der Waals surface area contributed by atoms with Gasteiger partial charge in [0.25, 0.3) is 0 Å². The first kappa shape index (κ1) is 26.8. The van der Waals surface area contributed by atoms with E-state index in [0.29, 0.717) is 6.42 Å². The van der Waals surface area contributed by atoms with Gasteiger partial charge < -0.3 is 42.9 Å². The number of carbonyl (C=O) groups is 6. The highest BCUT2D eigenvalue weighted by molar-refractivity contribution is 5.96. The molecule has 0 saturated carbocycles. The molecule has 1 saturated heterocycles. The lowest BCUT2D eigenvalue weighted by Gasteiger charge is -2.28. The molecule has 1 rings (SSSR count). The lowest BCUT2D eigenvalue weighted by molar-refractivity contribution is -0.145. The highest BCUT2D eigenvalue weighted by Crippen LogP contribution is 2.19. The Labute approximate surface area is 183 Å². The Morgan fingerprint density at radius 3 is 2.22 bits per heavy atom. The van der Waals surface area contributed by atoms with E-state index in [1.165, 1.54) is 4.90 Å². The molecule has 10 N–H and O–H groups in total. The van der Waals surface area contributed by atoms with Gasteiger partial charge in [-0.05, 0) is 26.2 Å². The van der Waals surface area contributed by atoms with Crippen molar-refractivity contribution in [2.75, 3.05) is 6.54 Å². The number of hydrogen-bond donors (Lipinski definition) is 7. The lowest BCUT2D eigenvalue weighted by Crippen LogP contribution is -2.58. The summed E-state index contributed by atoms with van der Waals surface area (Å²) in [5.74, 6) is -5.46. The first-order chi connectivity index (χ1) is 14.8. The molecule has 0 aromatic carbocycles. The highest BCUT2D eigenvalue weighted by Gasteiger charge is 2.38. The van der Waals surface area contributed by atoms with E-state index in [1.54, 1.807) is 0 Å². The Morgan fingerprint density at radius 2 is 1.72 bits per heavy atom. The summed E-state index contributed by atoms with van der Waals surface area (Å²) < 4.78 is 0. The van der Waals surface area contributed by atoms with E-state index in [4.69, 9.17) is 22.3 Å². The van der Waals surface area contributed by atoms with Crippen LogP contribution in [-0.2, 0) is 28.8 Å². The standard InChI is InChI=1S/C18H30N6O8/c1-8(25)14(18(31)32)23-15(28)10(7-13(21)27)22-16(29)11-3-2-6-24(11)17(30)9(19)4-5-12(20)26/h8-11,14,25H,2-7,19H2,1H3,(H2,20,26)(H2,21,27)(H,22,29)(H,23,28)(H,31,32). The summed E-state index contributed by atoms with van der Waals surface area (Å²) in [6.07, 6.45) is -1.46. The first-order valence-electron chi connectivity index (χ1n) is 9.99. The van der Waals surface area contributed by atoms with E-state index in [1.807, 2.05) is 5.32 Å². The zero-order valence-electron chi connectivity index (χ0n) is 17.7. The van der Waals surface area contributed by atoms with Crippen LogP contribution in [0, 0.1) is 0 Å². The molecule has 1 aliphatic rings. The number of aliphatic carboxylic acids is 1. The number of nitrogens with two attached hydrogens (primary N) is 3. The number of hydrogen-bond acceptors (Lipinski definition) is 8. The van der Waals surface area contributed by atoms with Crippen LogP contribution in [0.1, 0.15) is 39.0 Å². The molecule has 14 heteroatoms. The molecule has 180 valence electrons. The Hall–Kier alpha value is -3.26. The van der Waals surface area contributed by atoms with Gasteiger partial charge in [0.1, 0.15) is 12.1 Å². The largest absolute Gasteiger partial charge is 0.480 e. The minimum atomic E-state index is -1.68. The minimum absolute atomic E-state index is 0.00162. The van der Waals surface area contributed by atoms with Crippen molar-refractivity contribution in [2.24, 2.45) is 17.2 Å². The van der Waals surface area contributed by atoms with Crippen molar-refractivity contribution in [3.63, 3.8) is 0 Å². The molecule has 0 aliphatic carbocycles. The molecule has 5 unspecified atom stereocenters. The molecule has 0 aromatic heterocycles. The summed E-state index contributed by atoms with van der Waals surface area (Å²) in [5, 5.41) is 23.0. The van der Waals surface area contributed by atoms with Crippen LogP contribution in [0.2, 0.25) is 0 Å². The van der Waals surface area contributed by atoms with Crippen LogP contribution < -0.4 is 27.8 Å². The number of carboxylic acid groups (broad SMARTS) is 1. The number of amides is 5. The summed E-state index contributed by atoms with van der Waals surface area (Å²) in [6.45, 7) is 1.36. The Morgan fingerprint density at radius 1 is 1.09 bits per heavy atom. The van der Waals surface area contributed by atoms with Crippen molar-refractivity contribution in [3.05, 3.63) is 0 Å². The van der Waals surface area contributed by atoms with Crippen molar-refractivity contribution >= 4 is 35.5 Å². The number of rotatable bonds is 12. The Balaban J connectivity index is 2.91. The fraction of sp³-hybridized carbons (Fsp3) is 0.667. The van der Waals surface area contributed by atoms with E-state index in [9.17, 15) is 33.9 Å². The third kappa shape index (κ3) is 7.77. The smallest absolute Gasteiger partial charge is 0.328 e. The van der Waals surface area contributed by atoms with E-state index in [-0.39, 0.29) is 25.8 Å². The maximum atomic E-state index is 12.8. The van der Waals surface area contributed by atoms with Crippen LogP contribution in [-0.4, -0.2) is 87.4 Å². The van der Waals surface area contributed by atoms with Crippen molar-refractivity contribution in [2.45, 2.75) is 69.3 Å². The van der Waals surface area contributed by atoms with Gasteiger partial charge in [-0.1, -0.05) is 0 Å². The second-order valence-corrected chi connectivity index (χ2v) is 7.60. The van der Waals surface area contributed by atoms with Crippen LogP contribution in [0.3, 0.4) is 0 Å². The highest BCUT2D eigenvalue weighted by atomic mass is 16.4. The molecule has 1 heterocycles. The van der Waals surface area contributed by atoms with E-state index in [2.05, 4.69) is 5.32 Å². The second-order valence-electron chi connectivity index (χ2n) is 7.60. The summed E-state index contributed by atoms with van der Waals surface area (Å²) in [4.78, 5) is 72.5. The van der Waals surface area contributed by atoms with Crippen LogP contribution >= 0.6 is 0 Å². The number of aliphatic hydroxyl groups is 1. The average Bonchev–Trinajstić information content (AvgIpc) is 3.17. The van der Waals surface area contributed by atoms with Gasteiger partial charge in [-0.2, -0.15) is 0 Å². The van der Waals surface area contributed by atoms with Crippen LogP contribution in [0.15, 0.2) is 0 Å². The number of primary amides is 2. The predicted octanol–water partition coefficient (Wildman–Crippen LogP) is -4.12. The minimum Gasteiger partial charge on any atom is -0.480 e. The van der Waals surface area contributed by atoms with Gasteiger partial charge in [-0.15, -0.1) is 0 Å². The molecular formula is C18H30N6O8. The normalized spacial score (nSPS) is 19.3. The first-order valence-corrected chi connectivity index (χ1v) is 9.99. The lowest BCUT2D eigenvalue weighted by atomic mass is 10.1. The molecular weight excluding hydrogens is 428 g/mol. The molecule has 14 nitrogen and oxygen atoms in total. The van der Waals surface area contributed by atoms with Gasteiger partial charge >= 0.3 is 5.97 Å². The molecule has 0 spiro atoms. The Kier molecular flexibility index (Phi) is 10.00. The number of nitrogens with zero attached hydrogens (tertiary/aromatic N) is 1. The summed E-state index contributed by atoms with van der Waals surface area (Å²) in [5.41, 5.74) is 16.0. The van der Waals surface area contributed by atoms with Gasteiger partial charge in [-0.25, -0.2) is 4.79 Å². The molecule has 5 amide bonds. The van der Waals surface area contributed by atoms with E-state index < -0.39 is 72.2 Å². The number of carbonyl (C=O) groups excluding carboxylic acids is 5. The maximum absolute atomic E-state index is 12.8. The number of aliphatic hydroxyl groups excluding tert-OH is 1. The summed E-state index contributed by atoms with van der Waals surface area (Å²) >= 11 is 0. The van der Waals surface area contributed by atoms with E-state index >= 15 is 0 Å². The number of carboxylic acids is 1. The van der Waals surface area contributed by atoms with Crippen molar-refractivity contribution < 1.29 is 39.0 Å².